The molecule has 0 heterocycles. The van der Waals surface area contributed by atoms with Gasteiger partial charge in [0.25, 0.3) is 0 Å². The molecule has 0 aliphatic heterocycles. The normalized spacial score (nSPS) is 18.3. The molecule has 84 valence electrons. The molecule has 0 atom stereocenters. The fourth-order valence-corrected chi connectivity index (χ4v) is 2.17. The van der Waals surface area contributed by atoms with E-state index in [9.17, 15) is 4.79 Å². The van der Waals surface area contributed by atoms with Crippen LogP contribution in [0.5, 0.6) is 0 Å². The molecule has 1 nitrogen and oxygen atoms in total. The van der Waals surface area contributed by atoms with E-state index in [1.807, 2.05) is 12.1 Å². The highest BCUT2D eigenvalue weighted by Gasteiger charge is 2.47. The van der Waals surface area contributed by atoms with Crippen LogP contribution >= 0.6 is 34.8 Å². The van der Waals surface area contributed by atoms with Crippen LogP contribution in [-0.4, -0.2) is 5.24 Å². The number of halogens is 3. The van der Waals surface area contributed by atoms with Gasteiger partial charge in [-0.15, -0.1) is 0 Å². The second-order valence-electron chi connectivity index (χ2n) is 3.93. The minimum absolute atomic E-state index is 0.334. The highest BCUT2D eigenvalue weighted by molar-refractivity contribution is 6.65. The third kappa shape index (κ3) is 2.42. The number of allylic oxidation sites excluding steroid dienone is 1. The maximum atomic E-state index is 11.2. The Morgan fingerprint density at radius 3 is 2.19 bits per heavy atom. The smallest absolute Gasteiger partial charge is 0.231 e. The van der Waals surface area contributed by atoms with Crippen molar-refractivity contribution < 1.29 is 4.79 Å². The van der Waals surface area contributed by atoms with Crippen LogP contribution in [0.15, 0.2) is 30.3 Å². The standard InChI is InChI=1S/C12H9Cl3O/c13-9-3-1-8(2-4-9)10(14)7-12(5-6-12)11(15)16/h1-4,7H,5-6H2. The molecule has 1 aromatic rings. The van der Waals surface area contributed by atoms with Crippen molar-refractivity contribution >= 4 is 45.1 Å². The van der Waals surface area contributed by atoms with Crippen LogP contribution < -0.4 is 0 Å². The molecule has 1 aliphatic rings. The lowest BCUT2D eigenvalue weighted by molar-refractivity contribution is -0.114. The van der Waals surface area contributed by atoms with Crippen LogP contribution in [0.4, 0.5) is 0 Å². The van der Waals surface area contributed by atoms with Crippen LogP contribution in [0.2, 0.25) is 5.02 Å². The molecule has 16 heavy (non-hydrogen) atoms. The summed E-state index contributed by atoms with van der Waals surface area (Å²) in [5.41, 5.74) is 0.313. The molecule has 0 amide bonds. The average molecular weight is 276 g/mol. The van der Waals surface area contributed by atoms with Gasteiger partial charge in [-0.2, -0.15) is 0 Å². The molecule has 1 aromatic carbocycles. The van der Waals surface area contributed by atoms with E-state index in [1.54, 1.807) is 18.2 Å². The van der Waals surface area contributed by atoms with Crippen LogP contribution in [0.3, 0.4) is 0 Å². The van der Waals surface area contributed by atoms with Gasteiger partial charge >= 0.3 is 0 Å². The van der Waals surface area contributed by atoms with E-state index in [0.717, 1.165) is 18.4 Å². The van der Waals surface area contributed by atoms with Gasteiger partial charge in [0.2, 0.25) is 5.24 Å². The fraction of sp³-hybridized carbons (Fsp3) is 0.250. The predicted octanol–water partition coefficient (Wildman–Crippen LogP) is 4.47. The van der Waals surface area contributed by atoms with Crippen LogP contribution in [0.25, 0.3) is 5.03 Å². The van der Waals surface area contributed by atoms with E-state index in [0.29, 0.717) is 10.1 Å². The summed E-state index contributed by atoms with van der Waals surface area (Å²) >= 11 is 17.4. The second kappa shape index (κ2) is 4.40. The average Bonchev–Trinajstić information content (AvgIpc) is 3.00. The van der Waals surface area contributed by atoms with Gasteiger partial charge in [-0.3, -0.25) is 4.79 Å². The number of carbonyl (C=O) groups is 1. The van der Waals surface area contributed by atoms with Gasteiger partial charge in [-0.05, 0) is 42.1 Å². The van der Waals surface area contributed by atoms with Crippen molar-refractivity contribution in [3.05, 3.63) is 40.9 Å². The summed E-state index contributed by atoms with van der Waals surface area (Å²) in [6, 6.07) is 7.15. The molecular weight excluding hydrogens is 266 g/mol. The summed E-state index contributed by atoms with van der Waals surface area (Å²) < 4.78 is 0. The lowest BCUT2D eigenvalue weighted by Gasteiger charge is -2.05. The number of benzene rings is 1. The monoisotopic (exact) mass is 274 g/mol. The molecule has 0 aromatic heterocycles. The summed E-state index contributed by atoms with van der Waals surface area (Å²) in [6.07, 6.45) is 3.30. The number of rotatable bonds is 3. The first-order valence-electron chi connectivity index (χ1n) is 4.88. The van der Waals surface area contributed by atoms with Crippen LogP contribution in [0, 0.1) is 5.41 Å². The Morgan fingerprint density at radius 2 is 1.75 bits per heavy atom. The maximum Gasteiger partial charge on any atom is 0.231 e. The molecule has 0 N–H and O–H groups in total. The molecule has 0 unspecified atom stereocenters. The number of carbonyl (C=O) groups excluding carboxylic acids is 1. The van der Waals surface area contributed by atoms with Crippen LogP contribution in [-0.2, 0) is 4.79 Å². The lowest BCUT2D eigenvalue weighted by atomic mass is 10.1. The molecular formula is C12H9Cl3O. The number of hydrogen-bond acceptors (Lipinski definition) is 1. The van der Waals surface area contributed by atoms with Gasteiger partial charge < -0.3 is 0 Å². The molecule has 0 saturated heterocycles. The predicted molar refractivity (Wildman–Crippen MR) is 67.8 cm³/mol. The van der Waals surface area contributed by atoms with Gasteiger partial charge in [0.1, 0.15) is 0 Å². The summed E-state index contributed by atoms with van der Waals surface area (Å²) in [7, 11) is 0. The quantitative estimate of drug-likeness (QED) is 0.744. The van der Waals surface area contributed by atoms with Gasteiger partial charge in [0, 0.05) is 10.1 Å². The molecule has 4 heteroatoms. The van der Waals surface area contributed by atoms with E-state index in [4.69, 9.17) is 34.8 Å². The maximum absolute atomic E-state index is 11.2. The molecule has 2 rings (SSSR count). The zero-order chi connectivity index (χ0) is 11.8. The minimum Gasteiger partial charge on any atom is -0.280 e. The van der Waals surface area contributed by atoms with Crippen molar-refractivity contribution in [2.75, 3.05) is 0 Å². The fourth-order valence-electron chi connectivity index (χ4n) is 1.47. The molecule has 1 saturated carbocycles. The van der Waals surface area contributed by atoms with Crippen molar-refractivity contribution in [3.63, 3.8) is 0 Å². The third-order valence-electron chi connectivity index (χ3n) is 2.70. The Balaban J connectivity index is 2.25. The summed E-state index contributed by atoms with van der Waals surface area (Å²) in [6.45, 7) is 0. The lowest BCUT2D eigenvalue weighted by Crippen LogP contribution is -2.05. The third-order valence-corrected chi connectivity index (χ3v) is 3.66. The van der Waals surface area contributed by atoms with Gasteiger partial charge in [-0.1, -0.05) is 41.4 Å². The second-order valence-corrected chi connectivity index (χ2v) is 5.12. The van der Waals surface area contributed by atoms with Crippen molar-refractivity contribution in [1.82, 2.24) is 0 Å². The summed E-state index contributed by atoms with van der Waals surface area (Å²) in [5, 5.41) is 0.866. The van der Waals surface area contributed by atoms with E-state index < -0.39 is 5.41 Å². The van der Waals surface area contributed by atoms with E-state index in [-0.39, 0.29) is 5.24 Å². The highest BCUT2D eigenvalue weighted by Crippen LogP contribution is 2.50. The summed E-state index contributed by atoms with van der Waals surface area (Å²) in [4.78, 5) is 11.2. The van der Waals surface area contributed by atoms with Gasteiger partial charge in [0.05, 0.1) is 5.41 Å². The SMILES string of the molecule is O=C(Cl)C1(C=C(Cl)c2ccc(Cl)cc2)CC1. The molecule has 1 aliphatic carbocycles. The molecule has 0 bridgehead atoms. The zero-order valence-electron chi connectivity index (χ0n) is 8.34. The Morgan fingerprint density at radius 1 is 1.19 bits per heavy atom. The van der Waals surface area contributed by atoms with Gasteiger partial charge in [-0.25, -0.2) is 0 Å². The largest absolute Gasteiger partial charge is 0.280 e. The van der Waals surface area contributed by atoms with E-state index >= 15 is 0 Å². The van der Waals surface area contributed by atoms with Crippen molar-refractivity contribution in [2.45, 2.75) is 12.8 Å². The molecule has 0 radical (unpaired) electrons. The highest BCUT2D eigenvalue weighted by atomic mass is 35.5. The Bertz CT molecular complexity index is 444. The van der Waals surface area contributed by atoms with E-state index in [1.165, 1.54) is 0 Å². The van der Waals surface area contributed by atoms with Crippen molar-refractivity contribution in [3.8, 4) is 0 Å². The van der Waals surface area contributed by atoms with Crippen molar-refractivity contribution in [1.29, 1.82) is 0 Å². The first kappa shape index (κ1) is 12.0. The summed E-state index contributed by atoms with van der Waals surface area (Å²) in [5.74, 6) is 0. The van der Waals surface area contributed by atoms with Crippen molar-refractivity contribution in [2.24, 2.45) is 5.41 Å². The molecule has 0 spiro atoms. The number of hydrogen-bond donors (Lipinski definition) is 0. The zero-order valence-corrected chi connectivity index (χ0v) is 10.6. The first-order valence-corrected chi connectivity index (χ1v) is 6.01. The topological polar surface area (TPSA) is 17.1 Å². The first-order chi connectivity index (χ1) is 7.53. The Labute approximate surface area is 109 Å². The van der Waals surface area contributed by atoms with Crippen LogP contribution in [0.1, 0.15) is 18.4 Å². The van der Waals surface area contributed by atoms with Gasteiger partial charge in [0.15, 0.2) is 0 Å². The van der Waals surface area contributed by atoms with E-state index in [2.05, 4.69) is 0 Å². The minimum atomic E-state index is -0.529. The molecule has 1 fully saturated rings. The Hall–Kier alpha value is -0.500. The Kier molecular flexibility index (Phi) is 3.29.